The van der Waals surface area contributed by atoms with Crippen molar-refractivity contribution in [2.24, 2.45) is 0 Å². The van der Waals surface area contributed by atoms with E-state index in [9.17, 15) is 9.59 Å². The van der Waals surface area contributed by atoms with E-state index in [1.165, 1.54) is 0 Å². The number of fused-ring (bicyclic) bond motifs is 2. The van der Waals surface area contributed by atoms with Crippen LogP contribution in [0, 0.1) is 6.92 Å². The number of hydrogen-bond donors (Lipinski definition) is 0. The lowest BCUT2D eigenvalue weighted by Crippen LogP contribution is -2.29. The number of carbonyl (C=O) groups excluding carboxylic acids is 1. The molecule has 154 valence electrons. The Labute approximate surface area is 192 Å². The molecule has 0 saturated heterocycles. The largest absolute Gasteiger partial charge is 0.450 e. The summed E-state index contributed by atoms with van der Waals surface area (Å²) >= 11 is 18.5. The molecule has 0 fully saturated rings. The molecule has 1 aliphatic rings. The Morgan fingerprint density at radius 1 is 0.903 bits per heavy atom. The van der Waals surface area contributed by atoms with E-state index in [1.54, 1.807) is 41.3 Å². The first kappa shape index (κ1) is 20.1. The molecule has 1 aliphatic heterocycles. The molecule has 0 saturated carbocycles. The molecule has 0 bridgehead atoms. The van der Waals surface area contributed by atoms with E-state index in [1.807, 2.05) is 31.2 Å². The van der Waals surface area contributed by atoms with E-state index in [-0.39, 0.29) is 16.8 Å². The average molecular weight is 471 g/mol. The Hall–Kier alpha value is -2.79. The number of amides is 1. The maximum Gasteiger partial charge on any atom is 0.295 e. The summed E-state index contributed by atoms with van der Waals surface area (Å²) in [5.74, 6) is -0.386. The number of carbonyl (C=O) groups is 1. The number of halogens is 3. The highest BCUT2D eigenvalue weighted by atomic mass is 35.5. The maximum absolute atomic E-state index is 13.5. The summed E-state index contributed by atoms with van der Waals surface area (Å²) in [6, 6.07) is 16.6. The van der Waals surface area contributed by atoms with E-state index in [4.69, 9.17) is 39.2 Å². The average Bonchev–Trinajstić information content (AvgIpc) is 3.03. The Bertz CT molecular complexity index is 1440. The van der Waals surface area contributed by atoms with Crippen LogP contribution in [-0.2, 0) is 0 Å². The zero-order chi connectivity index (χ0) is 21.9. The molecule has 1 aromatic heterocycles. The zero-order valence-corrected chi connectivity index (χ0v) is 18.4. The summed E-state index contributed by atoms with van der Waals surface area (Å²) < 4.78 is 5.93. The van der Waals surface area contributed by atoms with Gasteiger partial charge in [0.25, 0.3) is 5.91 Å². The molecular formula is C24H14Cl3NO3. The van der Waals surface area contributed by atoms with Crippen LogP contribution in [0.2, 0.25) is 15.1 Å². The van der Waals surface area contributed by atoms with Crippen LogP contribution in [0.5, 0.6) is 0 Å². The van der Waals surface area contributed by atoms with Crippen LogP contribution in [0.15, 0.2) is 69.9 Å². The molecule has 7 heteroatoms. The van der Waals surface area contributed by atoms with Crippen LogP contribution in [0.25, 0.3) is 11.0 Å². The van der Waals surface area contributed by atoms with Gasteiger partial charge in [-0.1, -0.05) is 53.0 Å². The molecule has 4 nitrogen and oxygen atoms in total. The second-order valence-electron chi connectivity index (χ2n) is 7.40. The molecule has 2 heterocycles. The minimum Gasteiger partial charge on any atom is -0.450 e. The molecule has 1 unspecified atom stereocenters. The van der Waals surface area contributed by atoms with Crippen LogP contribution in [0.4, 0.5) is 5.69 Å². The van der Waals surface area contributed by atoms with E-state index >= 15 is 0 Å². The van der Waals surface area contributed by atoms with Gasteiger partial charge in [-0.3, -0.25) is 14.5 Å². The molecule has 1 amide bonds. The maximum atomic E-state index is 13.5. The van der Waals surface area contributed by atoms with Crippen LogP contribution in [-0.4, -0.2) is 5.91 Å². The van der Waals surface area contributed by atoms with E-state index < -0.39 is 11.9 Å². The van der Waals surface area contributed by atoms with Crippen LogP contribution >= 0.6 is 34.8 Å². The van der Waals surface area contributed by atoms with Gasteiger partial charge in [0.1, 0.15) is 5.58 Å². The third-order valence-electron chi connectivity index (χ3n) is 5.37. The minimum absolute atomic E-state index is 0.0115. The van der Waals surface area contributed by atoms with Crippen LogP contribution < -0.4 is 10.3 Å². The molecule has 4 aromatic rings. The highest BCUT2D eigenvalue weighted by molar-refractivity contribution is 6.42. The molecular weight excluding hydrogens is 457 g/mol. The van der Waals surface area contributed by atoms with Crippen LogP contribution in [0.1, 0.15) is 33.3 Å². The summed E-state index contributed by atoms with van der Waals surface area (Å²) in [4.78, 5) is 28.6. The predicted octanol–water partition coefficient (Wildman–Crippen LogP) is 6.81. The standard InChI is InChI=1S/C24H14Cl3NO3/c1-12-3-2-4-15(9-12)28-21(13-5-7-17(26)18(27)10-13)20-22(29)16-11-14(25)6-8-19(16)31-23(20)24(28)30/h2-11,21H,1H3. The highest BCUT2D eigenvalue weighted by Crippen LogP contribution is 2.42. The van der Waals surface area contributed by atoms with Gasteiger partial charge < -0.3 is 4.42 Å². The molecule has 0 aliphatic carbocycles. The van der Waals surface area contributed by atoms with Gasteiger partial charge >= 0.3 is 0 Å². The number of aryl methyl sites for hydroxylation is 1. The first-order valence-electron chi connectivity index (χ1n) is 9.46. The first-order chi connectivity index (χ1) is 14.8. The topological polar surface area (TPSA) is 50.5 Å². The lowest BCUT2D eigenvalue weighted by atomic mass is 9.98. The molecule has 0 N–H and O–H groups in total. The molecule has 5 rings (SSSR count). The van der Waals surface area contributed by atoms with Gasteiger partial charge in [0, 0.05) is 10.7 Å². The summed E-state index contributed by atoms with van der Waals surface area (Å²) in [7, 11) is 0. The van der Waals surface area contributed by atoms with Crippen molar-refractivity contribution < 1.29 is 9.21 Å². The minimum atomic E-state index is -0.723. The second kappa shape index (κ2) is 7.41. The number of anilines is 1. The Morgan fingerprint density at radius 3 is 2.45 bits per heavy atom. The summed E-state index contributed by atoms with van der Waals surface area (Å²) in [5.41, 5.74) is 2.52. The van der Waals surface area contributed by atoms with Gasteiger partial charge in [-0.25, -0.2) is 0 Å². The number of benzene rings is 3. The SMILES string of the molecule is Cc1cccc(N2C(=O)c3oc4ccc(Cl)cc4c(=O)c3C2c2ccc(Cl)c(Cl)c2)c1. The summed E-state index contributed by atoms with van der Waals surface area (Å²) in [5, 5.41) is 1.44. The quantitative estimate of drug-likeness (QED) is 0.323. The third-order valence-corrected chi connectivity index (χ3v) is 6.35. The van der Waals surface area contributed by atoms with Gasteiger partial charge in [-0.05, 0) is 60.5 Å². The van der Waals surface area contributed by atoms with Crippen LogP contribution in [0.3, 0.4) is 0 Å². The van der Waals surface area contributed by atoms with Crippen molar-refractivity contribution in [3.05, 3.63) is 108 Å². The zero-order valence-electron chi connectivity index (χ0n) is 16.2. The van der Waals surface area contributed by atoms with E-state index in [2.05, 4.69) is 0 Å². The fourth-order valence-corrected chi connectivity index (χ4v) is 4.47. The lowest BCUT2D eigenvalue weighted by molar-refractivity contribution is 0.0971. The van der Waals surface area contributed by atoms with Crippen molar-refractivity contribution in [1.29, 1.82) is 0 Å². The second-order valence-corrected chi connectivity index (χ2v) is 8.66. The highest BCUT2D eigenvalue weighted by Gasteiger charge is 2.43. The Balaban J connectivity index is 1.84. The smallest absolute Gasteiger partial charge is 0.295 e. The van der Waals surface area contributed by atoms with Gasteiger partial charge in [-0.2, -0.15) is 0 Å². The van der Waals surface area contributed by atoms with Crippen molar-refractivity contribution >= 4 is 57.4 Å². The Morgan fingerprint density at radius 2 is 1.71 bits per heavy atom. The third kappa shape index (κ3) is 3.23. The normalized spacial score (nSPS) is 15.5. The van der Waals surface area contributed by atoms with Gasteiger partial charge in [0.05, 0.1) is 27.0 Å². The fraction of sp³-hybridized carbons (Fsp3) is 0.0833. The van der Waals surface area contributed by atoms with Crippen molar-refractivity contribution in [2.45, 2.75) is 13.0 Å². The monoisotopic (exact) mass is 469 g/mol. The van der Waals surface area contributed by atoms with Gasteiger partial charge in [0.2, 0.25) is 5.76 Å². The predicted molar refractivity (Wildman–Crippen MR) is 124 cm³/mol. The molecule has 1 atom stereocenters. The summed E-state index contributed by atoms with van der Waals surface area (Å²) in [6.07, 6.45) is 0. The molecule has 0 radical (unpaired) electrons. The van der Waals surface area contributed by atoms with Crippen molar-refractivity contribution in [1.82, 2.24) is 0 Å². The van der Waals surface area contributed by atoms with Crippen molar-refractivity contribution in [3.63, 3.8) is 0 Å². The van der Waals surface area contributed by atoms with Gasteiger partial charge in [-0.15, -0.1) is 0 Å². The Kier molecular flexibility index (Phi) is 4.82. The summed E-state index contributed by atoms with van der Waals surface area (Å²) in [6.45, 7) is 1.94. The number of nitrogens with zero attached hydrogens (tertiary/aromatic N) is 1. The number of hydrogen-bond acceptors (Lipinski definition) is 3. The first-order valence-corrected chi connectivity index (χ1v) is 10.6. The van der Waals surface area contributed by atoms with Gasteiger partial charge in [0.15, 0.2) is 5.43 Å². The van der Waals surface area contributed by atoms with E-state index in [0.29, 0.717) is 37.3 Å². The lowest BCUT2D eigenvalue weighted by Gasteiger charge is -2.25. The van der Waals surface area contributed by atoms with E-state index in [0.717, 1.165) is 5.56 Å². The number of rotatable bonds is 2. The molecule has 0 spiro atoms. The molecule has 3 aromatic carbocycles. The fourth-order valence-electron chi connectivity index (χ4n) is 3.99. The molecule has 31 heavy (non-hydrogen) atoms. The van der Waals surface area contributed by atoms with Crippen molar-refractivity contribution in [3.8, 4) is 0 Å². The van der Waals surface area contributed by atoms with Crippen molar-refractivity contribution in [2.75, 3.05) is 4.90 Å².